The van der Waals surface area contributed by atoms with E-state index < -0.39 is 0 Å². The van der Waals surface area contributed by atoms with Crippen LogP contribution in [0.3, 0.4) is 0 Å². The summed E-state index contributed by atoms with van der Waals surface area (Å²) in [6, 6.07) is 0. The van der Waals surface area contributed by atoms with Crippen LogP contribution in [0.4, 0.5) is 0 Å². The molecule has 104 valence electrons. The lowest BCUT2D eigenvalue weighted by Gasteiger charge is -2.29. The van der Waals surface area contributed by atoms with Gasteiger partial charge in [0.1, 0.15) is 0 Å². The maximum absolute atomic E-state index is 2.44. The molecule has 0 aliphatic carbocycles. The Bertz CT molecular complexity index is 174. The Morgan fingerprint density at radius 3 is 1.94 bits per heavy atom. The van der Waals surface area contributed by atoms with Crippen molar-refractivity contribution in [1.29, 1.82) is 0 Å². The molecule has 0 N–H and O–H groups in total. The number of hydrogen-bond acceptors (Lipinski definition) is 1. The van der Waals surface area contributed by atoms with Crippen LogP contribution in [0, 0.1) is 23.7 Å². The van der Waals surface area contributed by atoms with E-state index >= 15 is 0 Å². The highest BCUT2D eigenvalue weighted by molar-refractivity contribution is 4.72. The SMILES string of the molecule is CCCC(C)C(CC(C)CC(C)C)CN(C)C. The molecule has 0 saturated carbocycles. The molecule has 0 rings (SSSR count). The van der Waals surface area contributed by atoms with Crippen molar-refractivity contribution in [3.8, 4) is 0 Å². The number of nitrogens with zero attached hydrogens (tertiary/aromatic N) is 1. The number of rotatable bonds is 9. The fourth-order valence-corrected chi connectivity index (χ4v) is 3.06. The van der Waals surface area contributed by atoms with Crippen molar-refractivity contribution in [3.63, 3.8) is 0 Å². The Balaban J connectivity index is 4.26. The summed E-state index contributed by atoms with van der Waals surface area (Å²) in [5.41, 5.74) is 0. The highest BCUT2D eigenvalue weighted by Crippen LogP contribution is 2.27. The van der Waals surface area contributed by atoms with Crippen molar-refractivity contribution in [2.75, 3.05) is 20.6 Å². The van der Waals surface area contributed by atoms with E-state index in [0.717, 1.165) is 23.7 Å². The standard InChI is InChI=1S/C16H35N/c1-8-9-15(5)16(12-17(6)7)11-14(4)10-13(2)3/h13-16H,8-12H2,1-7H3. The van der Waals surface area contributed by atoms with Crippen LogP contribution in [0.5, 0.6) is 0 Å². The third-order valence-corrected chi connectivity index (χ3v) is 3.73. The predicted octanol–water partition coefficient (Wildman–Crippen LogP) is 4.67. The first-order valence-electron chi connectivity index (χ1n) is 7.51. The molecule has 17 heavy (non-hydrogen) atoms. The zero-order valence-corrected chi connectivity index (χ0v) is 13.3. The lowest BCUT2D eigenvalue weighted by Crippen LogP contribution is -2.28. The second-order valence-electron chi connectivity index (χ2n) is 6.76. The Morgan fingerprint density at radius 1 is 0.941 bits per heavy atom. The van der Waals surface area contributed by atoms with E-state index in [1.807, 2.05) is 0 Å². The van der Waals surface area contributed by atoms with Crippen molar-refractivity contribution >= 4 is 0 Å². The number of hydrogen-bond donors (Lipinski definition) is 0. The molecular weight excluding hydrogens is 206 g/mol. The molecule has 0 heterocycles. The van der Waals surface area contributed by atoms with Crippen LogP contribution in [0.25, 0.3) is 0 Å². The summed E-state index contributed by atoms with van der Waals surface area (Å²) in [7, 11) is 4.41. The summed E-state index contributed by atoms with van der Waals surface area (Å²) in [6.45, 7) is 13.1. The monoisotopic (exact) mass is 241 g/mol. The molecule has 0 amide bonds. The van der Waals surface area contributed by atoms with E-state index in [4.69, 9.17) is 0 Å². The Morgan fingerprint density at radius 2 is 1.53 bits per heavy atom. The molecule has 0 aromatic carbocycles. The maximum atomic E-state index is 2.44. The van der Waals surface area contributed by atoms with Crippen molar-refractivity contribution in [2.45, 2.75) is 60.3 Å². The van der Waals surface area contributed by atoms with Gasteiger partial charge in [-0.3, -0.25) is 0 Å². The van der Waals surface area contributed by atoms with E-state index in [9.17, 15) is 0 Å². The second-order valence-corrected chi connectivity index (χ2v) is 6.76. The van der Waals surface area contributed by atoms with Gasteiger partial charge in [-0.25, -0.2) is 0 Å². The molecular formula is C16H35N. The van der Waals surface area contributed by atoms with Crippen LogP contribution in [-0.4, -0.2) is 25.5 Å². The van der Waals surface area contributed by atoms with Crippen molar-refractivity contribution in [2.24, 2.45) is 23.7 Å². The van der Waals surface area contributed by atoms with Gasteiger partial charge in [0.2, 0.25) is 0 Å². The first-order chi connectivity index (χ1) is 7.86. The van der Waals surface area contributed by atoms with Crippen LogP contribution >= 0.6 is 0 Å². The Labute approximate surface area is 110 Å². The van der Waals surface area contributed by atoms with Crippen molar-refractivity contribution < 1.29 is 0 Å². The van der Waals surface area contributed by atoms with Gasteiger partial charge >= 0.3 is 0 Å². The van der Waals surface area contributed by atoms with Crippen LogP contribution in [-0.2, 0) is 0 Å². The summed E-state index contributed by atoms with van der Waals surface area (Å²) in [5.74, 6) is 3.46. The van der Waals surface area contributed by atoms with Gasteiger partial charge in [0.15, 0.2) is 0 Å². The fraction of sp³-hybridized carbons (Fsp3) is 1.00. The fourth-order valence-electron chi connectivity index (χ4n) is 3.06. The quantitative estimate of drug-likeness (QED) is 0.567. The molecule has 0 aromatic rings. The van der Waals surface area contributed by atoms with Gasteiger partial charge < -0.3 is 4.90 Å². The van der Waals surface area contributed by atoms with E-state index in [1.165, 1.54) is 32.2 Å². The van der Waals surface area contributed by atoms with Gasteiger partial charge in [-0.2, -0.15) is 0 Å². The minimum absolute atomic E-state index is 0.839. The molecule has 3 atom stereocenters. The smallest absolute Gasteiger partial charge is 0.000620 e. The average molecular weight is 241 g/mol. The largest absolute Gasteiger partial charge is 0.309 e. The summed E-state index contributed by atoms with van der Waals surface area (Å²) in [6.07, 6.45) is 5.48. The molecule has 0 aliphatic heterocycles. The minimum atomic E-state index is 0.839. The molecule has 0 aromatic heterocycles. The van der Waals surface area contributed by atoms with Crippen LogP contribution in [0.2, 0.25) is 0 Å². The lowest BCUT2D eigenvalue weighted by molar-refractivity contribution is 0.203. The molecule has 0 spiro atoms. The third-order valence-electron chi connectivity index (χ3n) is 3.73. The first-order valence-corrected chi connectivity index (χ1v) is 7.51. The maximum Gasteiger partial charge on any atom is 0.000620 e. The zero-order chi connectivity index (χ0) is 13.4. The average Bonchev–Trinajstić information content (AvgIpc) is 2.14. The van der Waals surface area contributed by atoms with Crippen molar-refractivity contribution in [1.82, 2.24) is 4.90 Å². The van der Waals surface area contributed by atoms with E-state index in [0.29, 0.717) is 0 Å². The van der Waals surface area contributed by atoms with Gasteiger partial charge in [0.25, 0.3) is 0 Å². The van der Waals surface area contributed by atoms with E-state index in [1.54, 1.807) is 0 Å². The topological polar surface area (TPSA) is 3.24 Å². The Hall–Kier alpha value is -0.0400. The molecule has 0 aliphatic rings. The third kappa shape index (κ3) is 8.65. The van der Waals surface area contributed by atoms with Gasteiger partial charge in [0, 0.05) is 6.54 Å². The molecule has 0 saturated heterocycles. The summed E-state index contributed by atoms with van der Waals surface area (Å²) in [5, 5.41) is 0. The predicted molar refractivity (Wildman–Crippen MR) is 79.4 cm³/mol. The van der Waals surface area contributed by atoms with E-state index in [2.05, 4.69) is 53.6 Å². The van der Waals surface area contributed by atoms with Crippen LogP contribution in [0.1, 0.15) is 60.3 Å². The molecule has 0 radical (unpaired) electrons. The summed E-state index contributed by atoms with van der Waals surface area (Å²) >= 11 is 0. The highest BCUT2D eigenvalue weighted by atomic mass is 15.1. The van der Waals surface area contributed by atoms with Crippen LogP contribution in [0.15, 0.2) is 0 Å². The van der Waals surface area contributed by atoms with Crippen LogP contribution < -0.4 is 0 Å². The first kappa shape index (κ1) is 17.0. The Kier molecular flexibility index (Phi) is 8.94. The van der Waals surface area contributed by atoms with Gasteiger partial charge in [-0.1, -0.05) is 47.5 Å². The van der Waals surface area contributed by atoms with Gasteiger partial charge in [-0.15, -0.1) is 0 Å². The molecule has 0 bridgehead atoms. The minimum Gasteiger partial charge on any atom is -0.309 e. The normalized spacial score (nSPS) is 17.5. The summed E-state index contributed by atoms with van der Waals surface area (Å²) < 4.78 is 0. The van der Waals surface area contributed by atoms with Gasteiger partial charge in [-0.05, 0) is 50.6 Å². The van der Waals surface area contributed by atoms with Gasteiger partial charge in [0.05, 0.1) is 0 Å². The zero-order valence-electron chi connectivity index (χ0n) is 13.3. The summed E-state index contributed by atoms with van der Waals surface area (Å²) in [4.78, 5) is 2.36. The lowest BCUT2D eigenvalue weighted by atomic mass is 9.81. The highest BCUT2D eigenvalue weighted by Gasteiger charge is 2.20. The molecule has 3 unspecified atom stereocenters. The second kappa shape index (κ2) is 8.97. The van der Waals surface area contributed by atoms with Crippen molar-refractivity contribution in [3.05, 3.63) is 0 Å². The molecule has 1 nitrogen and oxygen atoms in total. The molecule has 0 fully saturated rings. The molecule has 1 heteroatoms. The van der Waals surface area contributed by atoms with E-state index in [-0.39, 0.29) is 0 Å².